The number of nitrogens with one attached hydrogen (secondary N) is 1. The summed E-state index contributed by atoms with van der Waals surface area (Å²) in [5.41, 5.74) is 7.17. The summed E-state index contributed by atoms with van der Waals surface area (Å²) in [5, 5.41) is 3.40. The molecule has 4 aliphatic rings. The topological polar surface area (TPSA) is 135 Å². The zero-order valence-corrected chi connectivity index (χ0v) is 18.3. The van der Waals surface area contributed by atoms with E-state index in [0.717, 1.165) is 46.1 Å². The molecule has 8 nitrogen and oxygen atoms in total. The summed E-state index contributed by atoms with van der Waals surface area (Å²) >= 11 is 0. The van der Waals surface area contributed by atoms with Gasteiger partial charge in [0.2, 0.25) is 5.36 Å². The van der Waals surface area contributed by atoms with E-state index in [1.54, 1.807) is 0 Å². The fourth-order valence-corrected chi connectivity index (χ4v) is 4.98. The molecule has 9 heteroatoms. The van der Waals surface area contributed by atoms with Gasteiger partial charge in [0, 0.05) is 29.7 Å². The third-order valence-corrected chi connectivity index (χ3v) is 6.15. The molecule has 2 aromatic rings. The molecule has 0 bridgehead atoms. The van der Waals surface area contributed by atoms with Crippen LogP contribution in [-0.2, 0) is 12.8 Å². The highest BCUT2D eigenvalue weighted by atomic mass is 35.7. The first-order valence-corrected chi connectivity index (χ1v) is 11.8. The summed E-state index contributed by atoms with van der Waals surface area (Å²) < 4.78 is 40.5. The Morgan fingerprint density at radius 2 is 1.69 bits per heavy atom. The van der Waals surface area contributed by atoms with E-state index in [2.05, 4.69) is 46.3 Å². The van der Waals surface area contributed by atoms with Gasteiger partial charge >= 0.3 is 0 Å². The van der Waals surface area contributed by atoms with Crippen molar-refractivity contribution in [1.82, 2.24) is 4.98 Å². The summed E-state index contributed by atoms with van der Waals surface area (Å²) in [6, 6.07) is 12.8. The summed E-state index contributed by atoms with van der Waals surface area (Å²) in [4.78, 5) is 11.0. The standard InChI is InChI=1S/C23H21N3O.ClHO4/c1-24-18-13-20-21(16-8-3-2-7-15(16)18)25-19-12-14-6-4-10-26-11-5-9-17(22(14)26)23(19)27-20;2-1(3,4)5/h2-3,7-8,12-13H,4-6,9-11H2,1H3;(H,2,3,4,5). The van der Waals surface area contributed by atoms with Gasteiger partial charge in [-0.15, -0.1) is 10.2 Å². The molecule has 3 heterocycles. The molecule has 1 N–H and O–H groups in total. The van der Waals surface area contributed by atoms with Crippen LogP contribution in [0.2, 0.25) is 0 Å². The monoisotopic (exact) mass is 455 g/mol. The van der Waals surface area contributed by atoms with Gasteiger partial charge in [-0.3, -0.25) is 0 Å². The highest BCUT2D eigenvalue weighted by Crippen LogP contribution is 2.41. The normalized spacial score (nSPS) is 16.3. The number of aryl methyl sites for hydroxylation is 2. The van der Waals surface area contributed by atoms with Crippen LogP contribution >= 0.6 is 0 Å². The van der Waals surface area contributed by atoms with Gasteiger partial charge in [-0.25, -0.2) is 28.6 Å². The van der Waals surface area contributed by atoms with Gasteiger partial charge in [0.1, 0.15) is 18.3 Å². The van der Waals surface area contributed by atoms with Gasteiger partial charge in [-0.05, 0) is 43.4 Å². The van der Waals surface area contributed by atoms with E-state index in [1.807, 2.05) is 7.05 Å². The lowest BCUT2D eigenvalue weighted by Crippen LogP contribution is -2.71. The van der Waals surface area contributed by atoms with Gasteiger partial charge in [-0.2, -0.15) is 0 Å². The molecule has 1 aliphatic carbocycles. The van der Waals surface area contributed by atoms with Crippen molar-refractivity contribution in [2.45, 2.75) is 25.7 Å². The molecule has 32 heavy (non-hydrogen) atoms. The first-order chi connectivity index (χ1) is 15.3. The number of halogens is 1. The van der Waals surface area contributed by atoms with Crippen molar-refractivity contribution >= 4 is 27.6 Å². The second kappa shape index (κ2) is 7.99. The minimum atomic E-state index is -4.94. The summed E-state index contributed by atoms with van der Waals surface area (Å²) in [6.07, 6.45) is 4.66. The van der Waals surface area contributed by atoms with E-state index >= 15 is 0 Å². The van der Waals surface area contributed by atoms with Crippen molar-refractivity contribution in [2.24, 2.45) is 0 Å². The van der Waals surface area contributed by atoms with Crippen LogP contribution in [-0.4, -0.2) is 25.1 Å². The van der Waals surface area contributed by atoms with Crippen molar-refractivity contribution in [3.05, 3.63) is 52.9 Å². The van der Waals surface area contributed by atoms with E-state index in [4.69, 9.17) is 28.0 Å². The Bertz CT molecular complexity index is 1350. The first-order valence-electron chi connectivity index (χ1n) is 10.5. The molecule has 0 fully saturated rings. The van der Waals surface area contributed by atoms with Crippen molar-refractivity contribution in [2.75, 3.05) is 25.0 Å². The van der Waals surface area contributed by atoms with Crippen LogP contribution < -0.4 is 33.9 Å². The van der Waals surface area contributed by atoms with Crippen molar-refractivity contribution in [3.63, 3.8) is 0 Å². The number of hydrogen-bond donors (Lipinski definition) is 1. The third kappa shape index (κ3) is 3.80. The number of benzene rings is 3. The highest BCUT2D eigenvalue weighted by Gasteiger charge is 2.28. The fraction of sp³-hybridized carbons (Fsp3) is 0.304. The molecule has 0 aromatic heterocycles. The Morgan fingerprint density at radius 1 is 1.00 bits per heavy atom. The Hall–Kier alpha value is -2.75. The van der Waals surface area contributed by atoms with E-state index in [1.165, 1.54) is 48.1 Å². The van der Waals surface area contributed by atoms with E-state index in [9.17, 15) is 0 Å². The van der Waals surface area contributed by atoms with Crippen LogP contribution in [0, 0.1) is 10.2 Å². The van der Waals surface area contributed by atoms with E-state index < -0.39 is 10.2 Å². The molecular formula is C23H22ClN3O5. The molecular weight excluding hydrogens is 434 g/mol. The Kier molecular flexibility index (Phi) is 5.27. The van der Waals surface area contributed by atoms with Crippen molar-refractivity contribution in [3.8, 4) is 11.5 Å². The molecule has 0 atom stereocenters. The van der Waals surface area contributed by atoms with Gasteiger partial charge in [0.25, 0.3) is 0 Å². The Labute approximate surface area is 186 Å². The first kappa shape index (κ1) is 21.1. The number of hydrogen-bond acceptors (Lipinski definition) is 7. The fourth-order valence-electron chi connectivity index (χ4n) is 4.98. The Morgan fingerprint density at radius 3 is 2.41 bits per heavy atom. The third-order valence-electron chi connectivity index (χ3n) is 6.15. The van der Waals surface area contributed by atoms with Crippen LogP contribution in [0.5, 0.6) is 0 Å². The predicted octanol–water partition coefficient (Wildman–Crippen LogP) is -2.36. The average Bonchev–Trinajstić information content (AvgIpc) is 2.77. The van der Waals surface area contributed by atoms with Gasteiger partial charge in [0.05, 0.1) is 11.5 Å². The van der Waals surface area contributed by atoms with E-state index in [-0.39, 0.29) is 0 Å². The maximum absolute atomic E-state index is 8.49. The number of fused-ring (bicyclic) bond motifs is 5. The quantitative estimate of drug-likeness (QED) is 0.231. The average molecular weight is 456 g/mol. The lowest BCUT2D eigenvalue weighted by molar-refractivity contribution is -2.00. The SMILES string of the molecule is C[NH+]=c1cc2oc3c4c5c(cc3nc-2c2ccccc12)CCCN5CCC4.[O-][Cl+3]([O-])([O-])[O-]. The zero-order valence-electron chi connectivity index (χ0n) is 17.5. The van der Waals surface area contributed by atoms with Gasteiger partial charge in [0.15, 0.2) is 11.3 Å². The number of aromatic nitrogens is 1. The van der Waals surface area contributed by atoms with E-state index in [0.29, 0.717) is 0 Å². The van der Waals surface area contributed by atoms with Crippen molar-refractivity contribution in [1.29, 1.82) is 0 Å². The van der Waals surface area contributed by atoms with Gasteiger partial charge < -0.3 is 9.32 Å². The second-order valence-electron chi connectivity index (χ2n) is 8.06. The lowest BCUT2D eigenvalue weighted by Gasteiger charge is -2.37. The molecule has 2 aromatic carbocycles. The summed E-state index contributed by atoms with van der Waals surface area (Å²) in [7, 11) is -2.99. The minimum Gasteiger partial charge on any atom is -0.452 e. The molecule has 0 radical (unpaired) electrons. The van der Waals surface area contributed by atoms with Crippen LogP contribution in [0.25, 0.3) is 33.3 Å². The number of anilines is 1. The molecule has 0 saturated carbocycles. The second-order valence-corrected chi connectivity index (χ2v) is 8.82. The van der Waals surface area contributed by atoms with Gasteiger partial charge in [-0.1, -0.05) is 18.2 Å². The van der Waals surface area contributed by atoms with Crippen LogP contribution in [0.1, 0.15) is 24.0 Å². The lowest BCUT2D eigenvalue weighted by atomic mass is 9.91. The smallest absolute Gasteiger partial charge is 0.209 e. The molecule has 0 amide bonds. The molecule has 6 rings (SSSR count). The largest absolute Gasteiger partial charge is 0.452 e. The highest BCUT2D eigenvalue weighted by molar-refractivity contribution is 5.97. The summed E-state index contributed by atoms with van der Waals surface area (Å²) in [6.45, 7) is 2.34. The van der Waals surface area contributed by atoms with Crippen molar-refractivity contribution < 1.29 is 38.3 Å². The van der Waals surface area contributed by atoms with Crippen LogP contribution in [0.4, 0.5) is 5.69 Å². The van der Waals surface area contributed by atoms with Crippen LogP contribution in [0.15, 0.2) is 40.8 Å². The maximum Gasteiger partial charge on any atom is 0.209 e. The molecule has 166 valence electrons. The van der Waals surface area contributed by atoms with Crippen LogP contribution in [0.3, 0.4) is 0 Å². The molecule has 0 saturated heterocycles. The summed E-state index contributed by atoms with van der Waals surface area (Å²) in [5.74, 6) is 0.856. The minimum absolute atomic E-state index is 0.856. The molecule has 0 spiro atoms. The zero-order chi connectivity index (χ0) is 22.5. The molecule has 0 unspecified atom stereocenters. The number of nitrogens with zero attached hydrogens (tertiary/aromatic N) is 2. The molecule has 3 aliphatic heterocycles. The maximum atomic E-state index is 8.49. The number of rotatable bonds is 0. The Balaban J connectivity index is 0.000000393. The predicted molar refractivity (Wildman–Crippen MR) is 107 cm³/mol.